The number of nitrogens with one attached hydrogen (secondary N) is 1. The molecule has 0 aromatic heterocycles. The fraction of sp³-hybridized carbons (Fsp3) is 1.00. The van der Waals surface area contributed by atoms with Crippen LogP contribution in [0.1, 0.15) is 25.7 Å². The molecule has 2 rings (SSSR count). The molecule has 0 aromatic rings. The Hall–Kier alpha value is -0.160. The third-order valence-corrected chi connectivity index (χ3v) is 2.92. The van der Waals surface area contributed by atoms with Crippen LogP contribution in [0.15, 0.2) is 0 Å². The first kappa shape index (κ1) is 10.4. The van der Waals surface area contributed by atoms with E-state index in [1.165, 1.54) is 12.8 Å². The Bertz CT molecular complexity index is 188. The van der Waals surface area contributed by atoms with Crippen molar-refractivity contribution < 1.29 is 14.9 Å². The van der Waals surface area contributed by atoms with E-state index in [-0.39, 0.29) is 0 Å². The van der Waals surface area contributed by atoms with Crippen LogP contribution in [0.2, 0.25) is 0 Å². The van der Waals surface area contributed by atoms with Crippen LogP contribution in [-0.2, 0) is 4.74 Å². The maximum absolute atomic E-state index is 9.93. The van der Waals surface area contributed by atoms with Gasteiger partial charge in [0.2, 0.25) is 0 Å². The molecule has 0 radical (unpaired) electrons. The Morgan fingerprint density at radius 3 is 2.86 bits per heavy atom. The summed E-state index contributed by atoms with van der Waals surface area (Å²) in [5.74, 6) is 0. The largest absolute Gasteiger partial charge is 0.392 e. The lowest BCUT2D eigenvalue weighted by Gasteiger charge is -2.23. The topological polar surface area (TPSA) is 61.7 Å². The van der Waals surface area contributed by atoms with E-state index in [1.54, 1.807) is 0 Å². The van der Waals surface area contributed by atoms with Gasteiger partial charge in [0, 0.05) is 32.0 Å². The van der Waals surface area contributed by atoms with Gasteiger partial charge < -0.3 is 20.3 Å². The fourth-order valence-electron chi connectivity index (χ4n) is 1.86. The molecule has 2 fully saturated rings. The van der Waals surface area contributed by atoms with Gasteiger partial charge in [-0.15, -0.1) is 0 Å². The van der Waals surface area contributed by atoms with E-state index >= 15 is 0 Å². The van der Waals surface area contributed by atoms with Crippen molar-refractivity contribution in [3.8, 4) is 0 Å². The van der Waals surface area contributed by atoms with Crippen LogP contribution in [0.25, 0.3) is 0 Å². The summed E-state index contributed by atoms with van der Waals surface area (Å²) in [6.07, 6.45) is 3.06. The van der Waals surface area contributed by atoms with Crippen molar-refractivity contribution in [2.45, 2.75) is 43.4 Å². The second-order valence-corrected chi connectivity index (χ2v) is 4.57. The third kappa shape index (κ3) is 2.92. The quantitative estimate of drug-likeness (QED) is 0.568. The number of hydrogen-bond donors (Lipinski definition) is 3. The molecule has 3 N–H and O–H groups in total. The zero-order valence-corrected chi connectivity index (χ0v) is 8.41. The Morgan fingerprint density at radius 1 is 1.50 bits per heavy atom. The van der Waals surface area contributed by atoms with Crippen LogP contribution in [-0.4, -0.2) is 47.7 Å². The molecule has 4 heteroatoms. The summed E-state index contributed by atoms with van der Waals surface area (Å²) in [5.41, 5.74) is -0.787. The molecule has 0 spiro atoms. The van der Waals surface area contributed by atoms with Gasteiger partial charge in [-0.3, -0.25) is 0 Å². The van der Waals surface area contributed by atoms with Crippen LogP contribution < -0.4 is 5.32 Å². The molecule has 0 aromatic carbocycles. The summed E-state index contributed by atoms with van der Waals surface area (Å²) < 4.78 is 5.12. The fourth-order valence-corrected chi connectivity index (χ4v) is 1.86. The molecule has 1 aliphatic carbocycles. The normalized spacial score (nSPS) is 34.7. The second kappa shape index (κ2) is 4.14. The molecule has 1 saturated heterocycles. The Labute approximate surface area is 84.3 Å². The number of ether oxygens (including phenoxy) is 1. The zero-order chi connectivity index (χ0) is 10.0. The molecule has 2 aliphatic rings. The van der Waals surface area contributed by atoms with E-state index < -0.39 is 11.7 Å². The highest BCUT2D eigenvalue weighted by molar-refractivity contribution is 4.87. The third-order valence-electron chi connectivity index (χ3n) is 2.92. The van der Waals surface area contributed by atoms with Crippen molar-refractivity contribution in [1.29, 1.82) is 0 Å². The SMILES string of the molecule is OC(CNC1CC1)CC1(O)CCOC1. The van der Waals surface area contributed by atoms with E-state index in [2.05, 4.69) is 5.32 Å². The molecule has 4 nitrogen and oxygen atoms in total. The number of hydrogen-bond acceptors (Lipinski definition) is 4. The number of aliphatic hydroxyl groups excluding tert-OH is 1. The monoisotopic (exact) mass is 201 g/mol. The van der Waals surface area contributed by atoms with Crippen LogP contribution >= 0.6 is 0 Å². The minimum Gasteiger partial charge on any atom is -0.392 e. The summed E-state index contributed by atoms with van der Waals surface area (Å²) in [4.78, 5) is 0. The van der Waals surface area contributed by atoms with Crippen LogP contribution in [0.5, 0.6) is 0 Å². The molecule has 1 aliphatic heterocycles. The molecule has 0 amide bonds. The van der Waals surface area contributed by atoms with E-state index in [9.17, 15) is 10.2 Å². The summed E-state index contributed by atoms with van der Waals surface area (Å²) in [6.45, 7) is 1.57. The summed E-state index contributed by atoms with van der Waals surface area (Å²) in [5, 5.41) is 22.8. The molecule has 0 bridgehead atoms. The highest BCUT2D eigenvalue weighted by Crippen LogP contribution is 2.24. The van der Waals surface area contributed by atoms with Gasteiger partial charge in [-0.2, -0.15) is 0 Å². The Kier molecular flexibility index (Phi) is 3.07. The van der Waals surface area contributed by atoms with Crippen molar-refractivity contribution in [2.24, 2.45) is 0 Å². The number of aliphatic hydroxyl groups is 2. The van der Waals surface area contributed by atoms with Crippen molar-refractivity contribution in [3.63, 3.8) is 0 Å². The molecule has 82 valence electrons. The molecule has 2 atom stereocenters. The van der Waals surface area contributed by atoms with Gasteiger partial charge in [-0.05, 0) is 12.8 Å². The average Bonchev–Trinajstić information content (AvgIpc) is 2.87. The first-order valence-electron chi connectivity index (χ1n) is 5.40. The summed E-state index contributed by atoms with van der Waals surface area (Å²) in [7, 11) is 0. The van der Waals surface area contributed by atoms with Crippen molar-refractivity contribution in [2.75, 3.05) is 19.8 Å². The van der Waals surface area contributed by atoms with Crippen molar-refractivity contribution in [1.82, 2.24) is 5.32 Å². The van der Waals surface area contributed by atoms with E-state index in [0.717, 1.165) is 0 Å². The number of rotatable bonds is 5. The standard InChI is InChI=1S/C10H19NO3/c12-9(6-11-8-1-2-8)5-10(13)3-4-14-7-10/h8-9,11-13H,1-7H2. The van der Waals surface area contributed by atoms with Gasteiger partial charge in [-0.25, -0.2) is 0 Å². The lowest BCUT2D eigenvalue weighted by molar-refractivity contribution is -0.0164. The van der Waals surface area contributed by atoms with E-state index in [4.69, 9.17) is 4.74 Å². The highest BCUT2D eigenvalue weighted by atomic mass is 16.5. The van der Waals surface area contributed by atoms with Gasteiger partial charge in [-0.1, -0.05) is 0 Å². The molecule has 14 heavy (non-hydrogen) atoms. The van der Waals surface area contributed by atoms with Gasteiger partial charge in [0.1, 0.15) is 0 Å². The summed E-state index contributed by atoms with van der Waals surface area (Å²) >= 11 is 0. The lowest BCUT2D eigenvalue weighted by atomic mass is 9.95. The van der Waals surface area contributed by atoms with Crippen LogP contribution in [0, 0.1) is 0 Å². The Morgan fingerprint density at radius 2 is 2.29 bits per heavy atom. The lowest BCUT2D eigenvalue weighted by Crippen LogP contribution is -2.38. The minimum atomic E-state index is -0.787. The molecule has 1 heterocycles. The average molecular weight is 201 g/mol. The van der Waals surface area contributed by atoms with E-state index in [1.807, 2.05) is 0 Å². The van der Waals surface area contributed by atoms with Gasteiger partial charge in [0.25, 0.3) is 0 Å². The van der Waals surface area contributed by atoms with E-state index in [0.29, 0.717) is 38.6 Å². The molecular weight excluding hydrogens is 182 g/mol. The predicted octanol–water partition coefficient (Wildman–Crippen LogP) is -0.359. The minimum absolute atomic E-state index is 0.369. The van der Waals surface area contributed by atoms with Crippen molar-refractivity contribution >= 4 is 0 Å². The highest BCUT2D eigenvalue weighted by Gasteiger charge is 2.34. The maximum atomic E-state index is 9.93. The smallest absolute Gasteiger partial charge is 0.0927 e. The maximum Gasteiger partial charge on any atom is 0.0927 e. The molecule has 2 unspecified atom stereocenters. The molecular formula is C10H19NO3. The first-order chi connectivity index (χ1) is 6.68. The molecule has 1 saturated carbocycles. The van der Waals surface area contributed by atoms with Crippen LogP contribution in [0.4, 0.5) is 0 Å². The zero-order valence-electron chi connectivity index (χ0n) is 8.41. The Balaban J connectivity index is 1.66. The van der Waals surface area contributed by atoms with Gasteiger partial charge in [0.05, 0.1) is 18.3 Å². The predicted molar refractivity (Wildman–Crippen MR) is 52.0 cm³/mol. The summed E-state index contributed by atoms with van der Waals surface area (Å²) in [6, 6.07) is 0.610. The van der Waals surface area contributed by atoms with Gasteiger partial charge >= 0.3 is 0 Å². The van der Waals surface area contributed by atoms with Crippen molar-refractivity contribution in [3.05, 3.63) is 0 Å². The second-order valence-electron chi connectivity index (χ2n) is 4.57. The first-order valence-corrected chi connectivity index (χ1v) is 5.40. The van der Waals surface area contributed by atoms with Gasteiger partial charge in [0.15, 0.2) is 0 Å². The van der Waals surface area contributed by atoms with Crippen LogP contribution in [0.3, 0.4) is 0 Å².